The predicted octanol–water partition coefficient (Wildman–Crippen LogP) is 1.84. The quantitative estimate of drug-likeness (QED) is 0.404. The van der Waals surface area contributed by atoms with Crippen LogP contribution < -0.4 is 0 Å². The molecule has 0 aliphatic rings. The zero-order valence-corrected chi connectivity index (χ0v) is 10.7. The molecule has 0 saturated heterocycles. The fourth-order valence-electron chi connectivity index (χ4n) is 1.19. The van der Waals surface area contributed by atoms with Crippen molar-refractivity contribution in [3.63, 3.8) is 0 Å². The number of carbonyl (C=O) groups excluding carboxylic acids is 1. The predicted molar refractivity (Wildman–Crippen MR) is 65.9 cm³/mol. The summed E-state index contributed by atoms with van der Waals surface area (Å²) in [6.07, 6.45) is 1.55. The van der Waals surface area contributed by atoms with Gasteiger partial charge in [0.2, 0.25) is 0 Å². The van der Waals surface area contributed by atoms with Crippen molar-refractivity contribution in [2.75, 3.05) is 19.6 Å². The highest BCUT2D eigenvalue weighted by Crippen LogP contribution is 2.10. The van der Waals surface area contributed by atoms with Gasteiger partial charge >= 0.3 is 5.97 Å². The molecule has 0 saturated carbocycles. The van der Waals surface area contributed by atoms with Gasteiger partial charge in [-0.25, -0.2) is 0 Å². The summed E-state index contributed by atoms with van der Waals surface area (Å²) in [5.74, 6) is 5.59. The number of nitrogens with zero attached hydrogens (tertiary/aromatic N) is 1. The summed E-state index contributed by atoms with van der Waals surface area (Å²) in [5.41, 5.74) is -0.876. The van der Waals surface area contributed by atoms with Gasteiger partial charge in [0.25, 0.3) is 0 Å². The van der Waals surface area contributed by atoms with Crippen LogP contribution in [-0.2, 0) is 9.53 Å². The van der Waals surface area contributed by atoms with E-state index in [4.69, 9.17) is 4.74 Å². The second-order valence-electron chi connectivity index (χ2n) is 3.67. The Labute approximate surface area is 98.5 Å². The number of hydrogen-bond donors (Lipinski definition) is 0. The fourth-order valence-corrected chi connectivity index (χ4v) is 1.19. The number of esters is 1. The van der Waals surface area contributed by atoms with Gasteiger partial charge in [-0.1, -0.05) is 26.3 Å². The van der Waals surface area contributed by atoms with Crippen molar-refractivity contribution < 1.29 is 9.53 Å². The molecule has 0 aromatic heterocycles. The van der Waals surface area contributed by atoms with Gasteiger partial charge in [0.1, 0.15) is 0 Å². The number of ether oxygens (including phenoxy) is 1. The Hall–Kier alpha value is -1.27. The minimum Gasteiger partial charge on any atom is -0.443 e. The summed E-state index contributed by atoms with van der Waals surface area (Å²) in [6, 6.07) is 0. The fraction of sp³-hybridized carbons (Fsp3) is 0.615. The standard InChI is InChI=1S/C13H21NO2/c1-6-13(5,16-12(4)15)10-9-11-14(7-2)8-3/h6H,1,7-8,11H2,2-5H3/t13-/m0/s1. The lowest BCUT2D eigenvalue weighted by atomic mass is 10.1. The van der Waals surface area contributed by atoms with Crippen LogP contribution in [0, 0.1) is 11.8 Å². The van der Waals surface area contributed by atoms with Crippen LogP contribution in [0.15, 0.2) is 12.7 Å². The molecule has 0 radical (unpaired) electrons. The Morgan fingerprint density at radius 2 is 2.06 bits per heavy atom. The van der Waals surface area contributed by atoms with Crippen LogP contribution in [0.4, 0.5) is 0 Å². The lowest BCUT2D eigenvalue weighted by molar-refractivity contribution is -0.147. The summed E-state index contributed by atoms with van der Waals surface area (Å²) in [7, 11) is 0. The third-order valence-corrected chi connectivity index (χ3v) is 2.28. The average Bonchev–Trinajstić information content (AvgIpc) is 2.23. The molecule has 0 bridgehead atoms. The zero-order chi connectivity index (χ0) is 12.6. The van der Waals surface area contributed by atoms with Crippen LogP contribution in [0.2, 0.25) is 0 Å². The second kappa shape index (κ2) is 7.08. The summed E-state index contributed by atoms with van der Waals surface area (Å²) in [6.45, 7) is 13.5. The first-order chi connectivity index (χ1) is 7.47. The molecule has 0 aromatic carbocycles. The molecule has 0 rings (SSSR count). The molecule has 0 heterocycles. The second-order valence-corrected chi connectivity index (χ2v) is 3.67. The van der Waals surface area contributed by atoms with E-state index >= 15 is 0 Å². The molecule has 3 nitrogen and oxygen atoms in total. The molecular weight excluding hydrogens is 202 g/mol. The Morgan fingerprint density at radius 3 is 2.44 bits per heavy atom. The summed E-state index contributed by atoms with van der Waals surface area (Å²) >= 11 is 0. The van der Waals surface area contributed by atoms with Crippen LogP contribution in [0.1, 0.15) is 27.7 Å². The van der Waals surface area contributed by atoms with E-state index in [-0.39, 0.29) is 5.97 Å². The van der Waals surface area contributed by atoms with E-state index < -0.39 is 5.60 Å². The highest BCUT2D eigenvalue weighted by atomic mass is 16.6. The van der Waals surface area contributed by atoms with Gasteiger partial charge in [-0.3, -0.25) is 9.69 Å². The molecule has 1 atom stereocenters. The van der Waals surface area contributed by atoms with Crippen molar-refractivity contribution in [1.82, 2.24) is 4.90 Å². The highest BCUT2D eigenvalue weighted by molar-refractivity contribution is 5.67. The SMILES string of the molecule is C=C[C@@](C)(C#CCN(CC)CC)OC(C)=O. The van der Waals surface area contributed by atoms with Crippen molar-refractivity contribution in [2.24, 2.45) is 0 Å². The topological polar surface area (TPSA) is 29.5 Å². The molecule has 0 aliphatic heterocycles. The molecule has 0 fully saturated rings. The normalized spacial score (nSPS) is 13.6. The summed E-state index contributed by atoms with van der Waals surface area (Å²) < 4.78 is 5.09. The molecule has 3 heteroatoms. The van der Waals surface area contributed by atoms with Gasteiger partial charge in [0.15, 0.2) is 5.60 Å². The number of rotatable bonds is 5. The van der Waals surface area contributed by atoms with Crippen LogP contribution in [-0.4, -0.2) is 36.1 Å². The molecular formula is C13H21NO2. The van der Waals surface area contributed by atoms with Gasteiger partial charge in [-0.15, -0.1) is 0 Å². The van der Waals surface area contributed by atoms with Gasteiger partial charge < -0.3 is 4.74 Å². The van der Waals surface area contributed by atoms with E-state index in [1.807, 2.05) is 0 Å². The number of hydrogen-bond acceptors (Lipinski definition) is 3. The number of carbonyl (C=O) groups is 1. The molecule has 90 valence electrons. The van der Waals surface area contributed by atoms with Crippen molar-refractivity contribution in [3.8, 4) is 11.8 Å². The highest BCUT2D eigenvalue weighted by Gasteiger charge is 2.19. The van der Waals surface area contributed by atoms with Crippen LogP contribution in [0.5, 0.6) is 0 Å². The Kier molecular flexibility index (Phi) is 6.52. The average molecular weight is 223 g/mol. The first kappa shape index (κ1) is 14.7. The van der Waals surface area contributed by atoms with Crippen LogP contribution >= 0.6 is 0 Å². The van der Waals surface area contributed by atoms with Crippen molar-refractivity contribution in [1.29, 1.82) is 0 Å². The molecule has 0 unspecified atom stereocenters. The van der Waals surface area contributed by atoms with E-state index in [9.17, 15) is 4.79 Å². The van der Waals surface area contributed by atoms with Crippen LogP contribution in [0.25, 0.3) is 0 Å². The first-order valence-corrected chi connectivity index (χ1v) is 5.53. The smallest absolute Gasteiger partial charge is 0.304 e. The Balaban J connectivity index is 4.47. The maximum Gasteiger partial charge on any atom is 0.304 e. The van der Waals surface area contributed by atoms with Gasteiger partial charge in [-0.05, 0) is 32.0 Å². The molecule has 0 spiro atoms. The third-order valence-electron chi connectivity index (χ3n) is 2.28. The molecule has 16 heavy (non-hydrogen) atoms. The van der Waals surface area contributed by atoms with Crippen molar-refractivity contribution in [2.45, 2.75) is 33.3 Å². The molecule has 0 aromatic rings. The van der Waals surface area contributed by atoms with E-state index in [1.54, 1.807) is 13.0 Å². The van der Waals surface area contributed by atoms with Gasteiger partial charge in [-0.2, -0.15) is 0 Å². The maximum absolute atomic E-state index is 10.9. The molecule has 0 aliphatic carbocycles. The lowest BCUT2D eigenvalue weighted by Gasteiger charge is -2.19. The van der Waals surface area contributed by atoms with Crippen molar-refractivity contribution >= 4 is 5.97 Å². The van der Waals surface area contributed by atoms with Crippen molar-refractivity contribution in [3.05, 3.63) is 12.7 Å². The van der Waals surface area contributed by atoms with E-state index in [0.717, 1.165) is 13.1 Å². The lowest BCUT2D eigenvalue weighted by Crippen LogP contribution is -2.27. The molecule has 0 amide bonds. The third kappa shape index (κ3) is 5.57. The van der Waals surface area contributed by atoms with Gasteiger partial charge in [0, 0.05) is 6.92 Å². The summed E-state index contributed by atoms with van der Waals surface area (Å²) in [4.78, 5) is 13.1. The maximum atomic E-state index is 10.9. The molecule has 0 N–H and O–H groups in total. The minimum atomic E-state index is -0.876. The van der Waals surface area contributed by atoms with E-state index in [2.05, 4.69) is 37.2 Å². The Bertz CT molecular complexity index is 297. The monoisotopic (exact) mass is 223 g/mol. The zero-order valence-electron chi connectivity index (χ0n) is 10.7. The van der Waals surface area contributed by atoms with Gasteiger partial charge in [0.05, 0.1) is 6.54 Å². The Morgan fingerprint density at radius 1 is 1.50 bits per heavy atom. The van der Waals surface area contributed by atoms with E-state index in [1.165, 1.54) is 6.92 Å². The summed E-state index contributed by atoms with van der Waals surface area (Å²) in [5, 5.41) is 0. The largest absolute Gasteiger partial charge is 0.443 e. The first-order valence-electron chi connectivity index (χ1n) is 5.53. The minimum absolute atomic E-state index is 0.348. The van der Waals surface area contributed by atoms with E-state index in [0.29, 0.717) is 6.54 Å². The van der Waals surface area contributed by atoms with Crippen LogP contribution in [0.3, 0.4) is 0 Å².